The zero-order valence-corrected chi connectivity index (χ0v) is 10.3. The fraction of sp³-hybridized carbons (Fsp3) is 0.583. The van der Waals surface area contributed by atoms with Crippen LogP contribution in [0, 0.1) is 0 Å². The summed E-state index contributed by atoms with van der Waals surface area (Å²) in [6.45, 7) is 8.54. The van der Waals surface area contributed by atoms with Crippen molar-refractivity contribution in [3.63, 3.8) is 0 Å². The Morgan fingerprint density at radius 2 is 2.13 bits per heavy atom. The molecule has 1 heterocycles. The number of hydrogen-bond donors (Lipinski definition) is 1. The summed E-state index contributed by atoms with van der Waals surface area (Å²) in [7, 11) is 1.97. The van der Waals surface area contributed by atoms with Gasteiger partial charge < -0.3 is 5.32 Å². The fourth-order valence-corrected chi connectivity index (χ4v) is 1.33. The van der Waals surface area contributed by atoms with Crippen LogP contribution >= 0.6 is 0 Å². The SMILES string of the molecule is CNC(C)C(C)=Cc1cnn(C(C)C)c1. The zero-order valence-electron chi connectivity index (χ0n) is 10.3. The predicted molar refractivity (Wildman–Crippen MR) is 64.8 cm³/mol. The highest BCUT2D eigenvalue weighted by molar-refractivity contribution is 5.51. The van der Waals surface area contributed by atoms with Crippen LogP contribution in [-0.4, -0.2) is 22.9 Å². The number of nitrogens with one attached hydrogen (secondary N) is 1. The molecule has 3 nitrogen and oxygen atoms in total. The number of rotatable bonds is 4. The van der Waals surface area contributed by atoms with Crippen LogP contribution in [-0.2, 0) is 0 Å². The van der Waals surface area contributed by atoms with Crippen LogP contribution < -0.4 is 5.32 Å². The number of hydrogen-bond acceptors (Lipinski definition) is 2. The molecule has 0 saturated heterocycles. The van der Waals surface area contributed by atoms with E-state index >= 15 is 0 Å². The van der Waals surface area contributed by atoms with Gasteiger partial charge in [-0.15, -0.1) is 0 Å². The predicted octanol–water partition coefficient (Wildman–Crippen LogP) is 2.48. The van der Waals surface area contributed by atoms with Crippen LogP contribution in [0.2, 0.25) is 0 Å². The van der Waals surface area contributed by atoms with Gasteiger partial charge in [0.1, 0.15) is 0 Å². The van der Waals surface area contributed by atoms with Gasteiger partial charge in [0.05, 0.1) is 6.20 Å². The molecule has 1 aromatic rings. The normalized spacial score (nSPS) is 14.7. The smallest absolute Gasteiger partial charge is 0.0562 e. The van der Waals surface area contributed by atoms with Gasteiger partial charge in [-0.2, -0.15) is 5.10 Å². The van der Waals surface area contributed by atoms with Gasteiger partial charge in [0.25, 0.3) is 0 Å². The molecule has 1 unspecified atom stereocenters. The maximum absolute atomic E-state index is 4.31. The Morgan fingerprint density at radius 1 is 1.47 bits per heavy atom. The molecule has 84 valence electrons. The first-order valence-electron chi connectivity index (χ1n) is 5.44. The van der Waals surface area contributed by atoms with E-state index in [0.29, 0.717) is 12.1 Å². The van der Waals surface area contributed by atoms with Gasteiger partial charge in [0.2, 0.25) is 0 Å². The minimum atomic E-state index is 0.410. The molecule has 1 N–H and O–H groups in total. The Morgan fingerprint density at radius 3 is 2.60 bits per heavy atom. The number of aromatic nitrogens is 2. The van der Waals surface area contributed by atoms with Gasteiger partial charge in [0.15, 0.2) is 0 Å². The van der Waals surface area contributed by atoms with Gasteiger partial charge in [-0.3, -0.25) is 4.68 Å². The summed E-state index contributed by atoms with van der Waals surface area (Å²) in [5, 5.41) is 7.52. The summed E-state index contributed by atoms with van der Waals surface area (Å²) in [6, 6.07) is 0.835. The molecular formula is C12H21N3. The summed E-state index contributed by atoms with van der Waals surface area (Å²) in [6.07, 6.45) is 6.16. The van der Waals surface area contributed by atoms with Gasteiger partial charge >= 0.3 is 0 Å². The van der Waals surface area contributed by atoms with E-state index in [4.69, 9.17) is 0 Å². The molecule has 0 bridgehead atoms. The number of likely N-dealkylation sites (N-methyl/N-ethyl adjacent to an activating group) is 1. The quantitative estimate of drug-likeness (QED) is 0.822. The van der Waals surface area contributed by atoms with E-state index in [1.54, 1.807) is 0 Å². The molecule has 1 aromatic heterocycles. The molecule has 3 heteroatoms. The first-order chi connectivity index (χ1) is 7.04. The third-order valence-corrected chi connectivity index (χ3v) is 2.66. The van der Waals surface area contributed by atoms with Crippen molar-refractivity contribution >= 4 is 6.08 Å². The molecule has 0 aliphatic heterocycles. The second kappa shape index (κ2) is 5.12. The van der Waals surface area contributed by atoms with Gasteiger partial charge in [-0.25, -0.2) is 0 Å². The second-order valence-electron chi connectivity index (χ2n) is 4.25. The lowest BCUT2D eigenvalue weighted by atomic mass is 10.1. The van der Waals surface area contributed by atoms with Crippen LogP contribution in [0.3, 0.4) is 0 Å². The van der Waals surface area contributed by atoms with Crippen LogP contribution in [0.1, 0.15) is 39.3 Å². The first kappa shape index (κ1) is 12.0. The van der Waals surface area contributed by atoms with Crippen molar-refractivity contribution in [2.24, 2.45) is 0 Å². The van der Waals surface area contributed by atoms with Gasteiger partial charge in [0, 0.05) is 23.8 Å². The Bertz CT molecular complexity index is 336. The molecule has 15 heavy (non-hydrogen) atoms. The highest BCUT2D eigenvalue weighted by atomic mass is 15.3. The van der Waals surface area contributed by atoms with Crippen LogP contribution in [0.5, 0.6) is 0 Å². The molecule has 0 saturated carbocycles. The monoisotopic (exact) mass is 207 g/mol. The second-order valence-corrected chi connectivity index (χ2v) is 4.25. The van der Waals surface area contributed by atoms with Crippen molar-refractivity contribution < 1.29 is 0 Å². The average molecular weight is 207 g/mol. The summed E-state index contributed by atoms with van der Waals surface area (Å²) >= 11 is 0. The molecule has 1 rings (SSSR count). The van der Waals surface area contributed by atoms with E-state index in [9.17, 15) is 0 Å². The third-order valence-electron chi connectivity index (χ3n) is 2.66. The van der Waals surface area contributed by atoms with Crippen molar-refractivity contribution in [1.82, 2.24) is 15.1 Å². The average Bonchev–Trinajstić information content (AvgIpc) is 2.65. The highest BCUT2D eigenvalue weighted by Crippen LogP contribution is 2.11. The zero-order chi connectivity index (χ0) is 11.4. The van der Waals surface area contributed by atoms with Crippen LogP contribution in [0.25, 0.3) is 6.08 Å². The first-order valence-corrected chi connectivity index (χ1v) is 5.44. The van der Waals surface area contributed by atoms with E-state index in [-0.39, 0.29) is 0 Å². The summed E-state index contributed by atoms with van der Waals surface area (Å²) in [4.78, 5) is 0. The van der Waals surface area contributed by atoms with E-state index in [0.717, 1.165) is 0 Å². The van der Waals surface area contributed by atoms with Crippen molar-refractivity contribution in [2.45, 2.75) is 39.8 Å². The topological polar surface area (TPSA) is 29.9 Å². The lowest BCUT2D eigenvalue weighted by molar-refractivity contribution is 0.532. The Balaban J connectivity index is 2.80. The maximum atomic E-state index is 4.31. The van der Waals surface area contributed by atoms with E-state index in [2.05, 4.69) is 50.4 Å². The van der Waals surface area contributed by atoms with Crippen LogP contribution in [0.15, 0.2) is 18.0 Å². The highest BCUT2D eigenvalue weighted by Gasteiger charge is 2.03. The van der Waals surface area contributed by atoms with Crippen molar-refractivity contribution in [2.75, 3.05) is 7.05 Å². The fourth-order valence-electron chi connectivity index (χ4n) is 1.33. The molecule has 0 aliphatic rings. The molecule has 0 spiro atoms. The van der Waals surface area contributed by atoms with Crippen molar-refractivity contribution in [3.05, 3.63) is 23.5 Å². The molecular weight excluding hydrogens is 186 g/mol. The van der Waals surface area contributed by atoms with E-state index in [1.807, 2.05) is 17.9 Å². The number of nitrogens with zero attached hydrogens (tertiary/aromatic N) is 2. The maximum Gasteiger partial charge on any atom is 0.0562 e. The third kappa shape index (κ3) is 3.20. The van der Waals surface area contributed by atoms with E-state index < -0.39 is 0 Å². The lowest BCUT2D eigenvalue weighted by Gasteiger charge is -2.09. The largest absolute Gasteiger partial charge is 0.314 e. The Hall–Kier alpha value is -1.09. The van der Waals surface area contributed by atoms with E-state index in [1.165, 1.54) is 11.1 Å². The summed E-state index contributed by atoms with van der Waals surface area (Å²) in [5.74, 6) is 0. The minimum absolute atomic E-state index is 0.410. The van der Waals surface area contributed by atoms with Crippen LogP contribution in [0.4, 0.5) is 0 Å². The summed E-state index contributed by atoms with van der Waals surface area (Å²) < 4.78 is 1.98. The minimum Gasteiger partial charge on any atom is -0.314 e. The molecule has 0 radical (unpaired) electrons. The molecule has 0 amide bonds. The molecule has 0 aromatic carbocycles. The Kier molecular flexibility index (Phi) is 4.09. The lowest BCUT2D eigenvalue weighted by Crippen LogP contribution is -2.21. The van der Waals surface area contributed by atoms with Gasteiger partial charge in [-0.1, -0.05) is 11.6 Å². The molecule has 0 aliphatic carbocycles. The van der Waals surface area contributed by atoms with Crippen molar-refractivity contribution in [1.29, 1.82) is 0 Å². The molecule has 0 fully saturated rings. The Labute approximate surface area is 92.2 Å². The standard InChI is InChI=1S/C12H21N3/c1-9(2)15-8-12(7-14-15)6-10(3)11(4)13-5/h6-9,11,13H,1-5H3. The summed E-state index contributed by atoms with van der Waals surface area (Å²) in [5.41, 5.74) is 2.49. The van der Waals surface area contributed by atoms with Crippen molar-refractivity contribution in [3.8, 4) is 0 Å². The molecule has 1 atom stereocenters. The van der Waals surface area contributed by atoms with Gasteiger partial charge in [-0.05, 0) is 34.7 Å².